The monoisotopic (exact) mass is 251 g/mol. The van der Waals surface area contributed by atoms with Crippen LogP contribution in [0.2, 0.25) is 0 Å². The number of rotatable bonds is 0. The first-order valence-electron chi connectivity index (χ1n) is 1.23. The van der Waals surface area contributed by atoms with E-state index >= 15 is 0 Å². The molecule has 11 heteroatoms. The second-order valence-electron chi connectivity index (χ2n) is 0.651. The van der Waals surface area contributed by atoms with E-state index in [0.29, 0.717) is 0 Å². The molecule has 0 fully saturated rings. The molecular weight excluding hydrogens is 247 g/mol. The second kappa shape index (κ2) is 9.73. The van der Waals surface area contributed by atoms with E-state index in [1.54, 1.807) is 0 Å². The zero-order valence-corrected chi connectivity index (χ0v) is 7.29. The summed E-state index contributed by atoms with van der Waals surface area (Å²) in [5.74, 6) is 0. The van der Waals surface area contributed by atoms with Crippen molar-refractivity contribution < 1.29 is 51.7 Å². The number of nitrogens with zero attached hydrogens (tertiary/aromatic N) is 1. The summed E-state index contributed by atoms with van der Waals surface area (Å²) >= 11 is -5.50. The minimum absolute atomic E-state index is 0. The number of hydrogen-bond acceptors (Lipinski definition) is 7. The third-order valence-corrected chi connectivity index (χ3v) is 0. The van der Waals surface area contributed by atoms with E-state index in [4.69, 9.17) is 31.2 Å². The molecule has 0 aliphatic rings. The Morgan fingerprint density at radius 1 is 1.27 bits per heavy atom. The van der Waals surface area contributed by atoms with Gasteiger partial charge in [-0.3, -0.25) is 0 Å². The molecule has 0 spiro atoms. The SMILES string of the molecule is N.O=[N+]([O-])[O-].[Mn+2].[O]=[Cr](=[O])([O-])[OH]. The molecule has 69 valence electrons. The molecule has 1 radical (unpaired) electrons. The predicted octanol–water partition coefficient (Wildman–Crippen LogP) is -2.07. The van der Waals surface area contributed by atoms with E-state index in [-0.39, 0.29) is 23.2 Å². The molecule has 0 bridgehead atoms. The maximum absolute atomic E-state index is 8.70. The molecule has 0 aromatic heterocycles. The van der Waals surface area contributed by atoms with Crippen molar-refractivity contribution in [1.82, 2.24) is 6.15 Å². The molecule has 0 saturated carbocycles. The molecule has 0 unspecified atom stereocenters. The van der Waals surface area contributed by atoms with Crippen LogP contribution in [0.3, 0.4) is 0 Å². The molecule has 0 aliphatic heterocycles. The number of hydrogen-bond donors (Lipinski definition) is 2. The third kappa shape index (κ3) is 8100. The first-order valence-corrected chi connectivity index (χ1v) is 3.36. The van der Waals surface area contributed by atoms with Crippen molar-refractivity contribution in [2.24, 2.45) is 0 Å². The molecule has 0 heterocycles. The Bertz CT molecular complexity index is 159. The van der Waals surface area contributed by atoms with Crippen LogP contribution in [0.25, 0.3) is 0 Å². The summed E-state index contributed by atoms with van der Waals surface area (Å²) in [7, 11) is 0. The standard InChI is InChI=1S/Cr.Mn.NO3.H3N.H2O.3O/c;;2-1(3)4;;;;;/h;;;1H3;1H2;;;/q+1;+2;-1;;;;;-1/p-1. The van der Waals surface area contributed by atoms with Gasteiger partial charge in [0.25, 0.3) is 0 Å². The average Bonchev–Trinajstić information content (AvgIpc) is 1.19. The molecule has 0 rings (SSSR count). The van der Waals surface area contributed by atoms with Crippen LogP contribution in [0.4, 0.5) is 0 Å². The minimum atomic E-state index is -5.50. The first kappa shape index (κ1) is 22.4. The normalized spacial score (nSPS) is 7.45. The van der Waals surface area contributed by atoms with E-state index in [0.717, 1.165) is 0 Å². The van der Waals surface area contributed by atoms with Crippen LogP contribution < -0.4 is 10.3 Å². The summed E-state index contributed by atoms with van der Waals surface area (Å²) in [4.78, 5) is 8.25. The van der Waals surface area contributed by atoms with Crippen molar-refractivity contribution in [1.29, 1.82) is 0 Å². The van der Waals surface area contributed by atoms with Gasteiger partial charge in [0.15, 0.2) is 0 Å². The van der Waals surface area contributed by atoms with Crippen LogP contribution in [0.15, 0.2) is 0 Å². The van der Waals surface area contributed by atoms with Gasteiger partial charge >= 0.3 is 46.6 Å². The third-order valence-electron chi connectivity index (χ3n) is 0. The molecule has 0 aliphatic carbocycles. The molecule has 4 N–H and O–H groups in total. The van der Waals surface area contributed by atoms with E-state index in [1.165, 1.54) is 0 Å². The summed E-state index contributed by atoms with van der Waals surface area (Å²) in [5.41, 5.74) is 0. The van der Waals surface area contributed by atoms with Crippen LogP contribution in [0, 0.1) is 15.3 Å². The molecule has 0 aromatic rings. The van der Waals surface area contributed by atoms with Gasteiger partial charge in [-0.05, 0) is 0 Å². The quantitative estimate of drug-likeness (QED) is 0.280. The Balaban J connectivity index is -0.0000000383. The van der Waals surface area contributed by atoms with Crippen molar-refractivity contribution in [2.45, 2.75) is 0 Å². The van der Waals surface area contributed by atoms with Gasteiger partial charge in [0.05, 0.1) is 5.09 Å². The van der Waals surface area contributed by atoms with Gasteiger partial charge in [0.1, 0.15) is 0 Å². The topological polar surface area (TPSA) is 179 Å². The Morgan fingerprint density at radius 2 is 1.27 bits per heavy atom. The van der Waals surface area contributed by atoms with Crippen molar-refractivity contribution >= 4 is 0 Å². The molecule has 11 heavy (non-hydrogen) atoms. The Hall–Kier alpha value is -0.268. The van der Waals surface area contributed by atoms with E-state index in [2.05, 4.69) is 0 Å². The van der Waals surface area contributed by atoms with E-state index in [1.807, 2.05) is 0 Å². The summed E-state index contributed by atoms with van der Waals surface area (Å²) in [6.07, 6.45) is 0. The van der Waals surface area contributed by atoms with Crippen LogP contribution in [-0.2, 0) is 38.3 Å². The van der Waals surface area contributed by atoms with Crippen molar-refractivity contribution in [3.8, 4) is 0 Å². The maximum atomic E-state index is 8.70. The van der Waals surface area contributed by atoms with Crippen molar-refractivity contribution in [2.75, 3.05) is 0 Å². The van der Waals surface area contributed by atoms with Gasteiger partial charge in [-0.1, -0.05) is 0 Å². The van der Waals surface area contributed by atoms with Gasteiger partial charge in [-0.15, -0.1) is 0 Å². The van der Waals surface area contributed by atoms with Crippen LogP contribution >= 0.6 is 0 Å². The summed E-state index contributed by atoms with van der Waals surface area (Å²) in [5, 5.41) is 14.8. The summed E-state index contributed by atoms with van der Waals surface area (Å²) in [6, 6.07) is 0. The molecule has 0 aromatic carbocycles. The van der Waals surface area contributed by atoms with Crippen LogP contribution in [0.1, 0.15) is 0 Å². The second-order valence-corrected chi connectivity index (χ2v) is 1.99. The first-order chi connectivity index (χ1) is 3.73. The predicted molar refractivity (Wildman–Crippen MR) is 19.0 cm³/mol. The van der Waals surface area contributed by atoms with Crippen LogP contribution in [-0.4, -0.2) is 9.24 Å². The van der Waals surface area contributed by atoms with E-state index in [9.17, 15) is 0 Å². The van der Waals surface area contributed by atoms with Crippen molar-refractivity contribution in [3.63, 3.8) is 0 Å². The fourth-order valence-electron chi connectivity index (χ4n) is 0. The van der Waals surface area contributed by atoms with Gasteiger partial charge in [0, 0.05) is 0 Å². The van der Waals surface area contributed by atoms with Gasteiger partial charge < -0.3 is 21.5 Å². The fourth-order valence-corrected chi connectivity index (χ4v) is 0. The van der Waals surface area contributed by atoms with Crippen molar-refractivity contribution in [3.05, 3.63) is 15.3 Å². The zero-order chi connectivity index (χ0) is 8.08. The summed E-state index contributed by atoms with van der Waals surface area (Å²) in [6.45, 7) is 0. The van der Waals surface area contributed by atoms with E-state index < -0.39 is 18.7 Å². The molecule has 0 saturated heterocycles. The molecular formula is H4CrMnN2O7. The Kier molecular flexibility index (Phi) is 19.8. The van der Waals surface area contributed by atoms with Gasteiger partial charge in [0.2, 0.25) is 0 Å². The Labute approximate surface area is 73.6 Å². The van der Waals surface area contributed by atoms with Crippen LogP contribution in [0.5, 0.6) is 0 Å². The molecule has 9 nitrogen and oxygen atoms in total. The average molecular weight is 251 g/mol. The zero-order valence-electron chi connectivity index (χ0n) is 4.84. The van der Waals surface area contributed by atoms with Gasteiger partial charge in [-0.2, -0.15) is 0 Å². The van der Waals surface area contributed by atoms with Gasteiger partial charge in [-0.25, -0.2) is 0 Å². The molecule has 0 atom stereocenters. The fraction of sp³-hybridized carbons (Fsp3) is 0. The molecule has 0 amide bonds. The Morgan fingerprint density at radius 3 is 1.27 bits per heavy atom. The summed E-state index contributed by atoms with van der Waals surface area (Å²) < 4.78 is 33.1.